The number of benzene rings is 1. The quantitative estimate of drug-likeness (QED) is 0.259. The summed E-state index contributed by atoms with van der Waals surface area (Å²) in [6.07, 6.45) is 12.5. The van der Waals surface area contributed by atoms with Crippen LogP contribution in [0.1, 0.15) is 105 Å². The van der Waals surface area contributed by atoms with Crippen molar-refractivity contribution in [3.8, 4) is 0 Å². The molecule has 4 fully saturated rings. The lowest BCUT2D eigenvalue weighted by Gasteiger charge is -2.75. The van der Waals surface area contributed by atoms with Gasteiger partial charge in [0.2, 0.25) is 10.0 Å². The Morgan fingerprint density at radius 2 is 1.59 bits per heavy atom. The molecule has 4 aliphatic carbocycles. The largest absolute Gasteiger partial charge is 0.390 e. The highest BCUT2D eigenvalue weighted by Gasteiger charge is 2.72. The molecular weight excluding hydrogens is 593 g/mol. The van der Waals surface area contributed by atoms with E-state index < -0.39 is 15.6 Å². The number of alkyl halides is 1. The molecule has 4 nitrogen and oxygen atoms in total. The predicted octanol–water partition coefficient (Wildman–Crippen LogP) is 7.49. The summed E-state index contributed by atoms with van der Waals surface area (Å²) < 4.78 is 29.4. The molecule has 5 rings (SSSR count). The third-order valence-electron chi connectivity index (χ3n) is 12.9. The summed E-state index contributed by atoms with van der Waals surface area (Å²) in [5, 5.41) is 11.1. The Hall–Kier alpha value is -0.180. The summed E-state index contributed by atoms with van der Waals surface area (Å²) in [7, 11) is -3.50. The van der Waals surface area contributed by atoms with Gasteiger partial charge >= 0.3 is 0 Å². The highest BCUT2D eigenvalue weighted by Crippen LogP contribution is 2.79. The average molecular weight is 642 g/mol. The van der Waals surface area contributed by atoms with E-state index in [-0.39, 0.29) is 25.1 Å². The Bertz CT molecular complexity index is 1120. The van der Waals surface area contributed by atoms with E-state index in [1.807, 2.05) is 6.07 Å². The van der Waals surface area contributed by atoms with E-state index >= 15 is 0 Å². The number of hydrogen-bond donors (Lipinski definition) is 2. The van der Waals surface area contributed by atoms with E-state index in [0.717, 1.165) is 25.7 Å². The molecule has 0 saturated heterocycles. The minimum atomic E-state index is -3.50. The molecule has 0 heterocycles. The third kappa shape index (κ3) is 4.03. The Balaban J connectivity index is 1.45. The smallest absolute Gasteiger partial charge is 0.240 e. The number of rotatable bonds is 5. The molecule has 0 radical (unpaired) electrons. The maximum atomic E-state index is 13.1. The van der Waals surface area contributed by atoms with Crippen molar-refractivity contribution in [2.75, 3.05) is 6.54 Å². The molecule has 37 heavy (non-hydrogen) atoms. The molecule has 1 aromatic rings. The fraction of sp³-hybridized carbons (Fsp3) is 0.806. The zero-order chi connectivity index (χ0) is 27.0. The van der Waals surface area contributed by atoms with Crippen LogP contribution in [0.15, 0.2) is 35.2 Å². The lowest BCUT2D eigenvalue weighted by molar-refractivity contribution is -0.240. The van der Waals surface area contributed by atoms with Crippen LogP contribution >= 0.6 is 22.6 Å². The van der Waals surface area contributed by atoms with Crippen LogP contribution < -0.4 is 4.72 Å². The van der Waals surface area contributed by atoms with Gasteiger partial charge in [0.1, 0.15) is 0 Å². The van der Waals surface area contributed by atoms with Crippen molar-refractivity contribution in [3.05, 3.63) is 30.3 Å². The summed E-state index contributed by atoms with van der Waals surface area (Å²) in [6.45, 7) is 12.7. The van der Waals surface area contributed by atoms with Gasteiger partial charge in [-0.15, -0.1) is 0 Å². The molecule has 0 amide bonds. The second-order valence-corrected chi connectivity index (χ2v) is 18.0. The van der Waals surface area contributed by atoms with Crippen LogP contribution in [-0.4, -0.2) is 29.1 Å². The van der Waals surface area contributed by atoms with Crippen molar-refractivity contribution in [3.63, 3.8) is 0 Å². The average Bonchev–Trinajstić information content (AvgIpc) is 2.83. The number of halogens is 1. The van der Waals surface area contributed by atoms with E-state index in [2.05, 4.69) is 61.9 Å². The van der Waals surface area contributed by atoms with Gasteiger partial charge in [-0.2, -0.15) is 0 Å². The maximum absolute atomic E-state index is 13.1. The highest BCUT2D eigenvalue weighted by atomic mass is 127. The van der Waals surface area contributed by atoms with Gasteiger partial charge in [-0.25, -0.2) is 13.1 Å². The van der Waals surface area contributed by atoms with Crippen LogP contribution in [0, 0.1) is 33.5 Å². The van der Waals surface area contributed by atoms with Crippen molar-refractivity contribution in [1.82, 2.24) is 4.72 Å². The van der Waals surface area contributed by atoms with Crippen LogP contribution in [0.4, 0.5) is 0 Å². The summed E-state index contributed by atoms with van der Waals surface area (Å²) >= 11 is 2.80. The topological polar surface area (TPSA) is 66.4 Å². The minimum absolute atomic E-state index is 0.120. The predicted molar refractivity (Wildman–Crippen MR) is 159 cm³/mol. The van der Waals surface area contributed by atoms with Crippen LogP contribution in [0.2, 0.25) is 0 Å². The van der Waals surface area contributed by atoms with Crippen molar-refractivity contribution in [2.24, 2.45) is 33.5 Å². The van der Waals surface area contributed by atoms with Crippen LogP contribution in [0.25, 0.3) is 0 Å². The van der Waals surface area contributed by atoms with E-state index in [1.54, 1.807) is 24.3 Å². The molecule has 4 aliphatic rings. The van der Waals surface area contributed by atoms with Gasteiger partial charge in [-0.05, 0) is 117 Å². The molecule has 0 spiro atoms. The summed E-state index contributed by atoms with van der Waals surface area (Å²) in [4.78, 5) is 0.360. The van der Waals surface area contributed by atoms with Gasteiger partial charge in [0, 0.05) is 9.97 Å². The van der Waals surface area contributed by atoms with Crippen LogP contribution in [0.3, 0.4) is 0 Å². The van der Waals surface area contributed by atoms with Crippen molar-refractivity contribution in [2.45, 2.75) is 119 Å². The standard InChI is InChI=1S/C31H48INO3S/c1-6-30-20-17-26(2,34)22-31(30,32)16-14-25-28(4)15-10-11-23(27(28,3)18-19-29(25,30)5)21-33-37(35,36)24-12-8-7-9-13-24/h7-9,12-13,23,25,33-34H,6,10-11,14-22H2,1-5H3/t23-,25+,26-,27-,28+,29+,30-,31+/m1/s1. The molecule has 6 heteroatoms. The number of fused-ring (bicyclic) bond motifs is 5. The van der Waals surface area contributed by atoms with Gasteiger partial charge in [0.05, 0.1) is 10.5 Å². The SMILES string of the molecule is CC[C@]12CC[C@@](C)(O)C[C@@]1(I)CC[C@@H]1[C@]2(C)CC[C@]2(C)[C@@H](CNS(=O)(=O)c3ccccc3)CCC[C@@]12C. The maximum Gasteiger partial charge on any atom is 0.240 e. The molecule has 1 aromatic carbocycles. The molecule has 4 saturated carbocycles. The number of sulfonamides is 1. The second kappa shape index (κ2) is 9.17. The summed E-state index contributed by atoms with van der Waals surface area (Å²) in [6, 6.07) is 8.81. The van der Waals surface area contributed by atoms with Gasteiger partial charge < -0.3 is 5.11 Å². The fourth-order valence-electron chi connectivity index (χ4n) is 10.6. The van der Waals surface area contributed by atoms with Gasteiger partial charge in [-0.1, -0.05) is 74.9 Å². The molecule has 8 atom stereocenters. The van der Waals surface area contributed by atoms with Gasteiger partial charge in [0.25, 0.3) is 0 Å². The van der Waals surface area contributed by atoms with Crippen LogP contribution in [-0.2, 0) is 10.0 Å². The molecule has 208 valence electrons. The number of nitrogens with one attached hydrogen (secondary N) is 1. The van der Waals surface area contributed by atoms with E-state index in [9.17, 15) is 13.5 Å². The Kier molecular flexibility index (Phi) is 7.03. The Morgan fingerprint density at radius 3 is 2.27 bits per heavy atom. The number of aliphatic hydroxyl groups is 1. The van der Waals surface area contributed by atoms with Gasteiger partial charge in [0.15, 0.2) is 0 Å². The molecular formula is C31H48INO3S. The molecule has 0 bridgehead atoms. The van der Waals surface area contributed by atoms with Crippen molar-refractivity contribution >= 4 is 32.6 Å². The van der Waals surface area contributed by atoms with E-state index in [1.165, 1.54) is 44.9 Å². The first-order chi connectivity index (χ1) is 17.2. The third-order valence-corrected chi connectivity index (χ3v) is 16.3. The first kappa shape index (κ1) is 28.4. The van der Waals surface area contributed by atoms with E-state index in [4.69, 9.17) is 0 Å². The first-order valence-corrected chi connectivity index (χ1v) is 17.2. The summed E-state index contributed by atoms with van der Waals surface area (Å²) in [5.41, 5.74) is 0.257. The fourth-order valence-corrected chi connectivity index (χ4v) is 14.1. The van der Waals surface area contributed by atoms with Gasteiger partial charge in [-0.3, -0.25) is 0 Å². The lowest BCUT2D eigenvalue weighted by Crippen LogP contribution is -2.70. The first-order valence-electron chi connectivity index (χ1n) is 14.6. The molecule has 0 unspecified atom stereocenters. The van der Waals surface area contributed by atoms with Crippen molar-refractivity contribution in [1.29, 1.82) is 0 Å². The van der Waals surface area contributed by atoms with Crippen LogP contribution in [0.5, 0.6) is 0 Å². The molecule has 0 aromatic heterocycles. The van der Waals surface area contributed by atoms with E-state index in [0.29, 0.717) is 23.3 Å². The normalized spacial score (nSPS) is 48.0. The number of hydrogen-bond acceptors (Lipinski definition) is 3. The highest BCUT2D eigenvalue weighted by molar-refractivity contribution is 14.1. The zero-order valence-electron chi connectivity index (χ0n) is 23.6. The zero-order valence-corrected chi connectivity index (χ0v) is 26.6. The minimum Gasteiger partial charge on any atom is -0.390 e. The lowest BCUT2D eigenvalue weighted by atomic mass is 9.31. The monoisotopic (exact) mass is 641 g/mol. The molecule has 2 N–H and O–H groups in total. The van der Waals surface area contributed by atoms with Crippen molar-refractivity contribution < 1.29 is 13.5 Å². The molecule has 0 aliphatic heterocycles. The Morgan fingerprint density at radius 1 is 0.919 bits per heavy atom. The Labute approximate surface area is 239 Å². The second-order valence-electron chi connectivity index (χ2n) is 14.2. The summed E-state index contributed by atoms with van der Waals surface area (Å²) in [5.74, 6) is 0.989.